The zero-order valence-corrected chi connectivity index (χ0v) is 13.7. The van der Waals surface area contributed by atoms with Crippen molar-refractivity contribution in [1.82, 2.24) is 0 Å². The number of halogens is 1. The van der Waals surface area contributed by atoms with Gasteiger partial charge in [0.1, 0.15) is 0 Å². The van der Waals surface area contributed by atoms with Crippen molar-refractivity contribution in [3.63, 3.8) is 0 Å². The van der Waals surface area contributed by atoms with Gasteiger partial charge in [-0.05, 0) is 67.1 Å². The predicted octanol–water partition coefficient (Wildman–Crippen LogP) is 4.05. The molecule has 0 spiro atoms. The molecule has 3 nitrogen and oxygen atoms in total. The fraction of sp³-hybridized carbons (Fsp3) is 0.316. The van der Waals surface area contributed by atoms with Gasteiger partial charge in [0.25, 0.3) is 0 Å². The monoisotopic (exact) mass is 324 g/mol. The molecule has 2 aromatic carbocycles. The molecular weight excluding hydrogens is 306 g/mol. The van der Waals surface area contributed by atoms with Crippen LogP contribution in [-0.4, -0.2) is 13.1 Å². The quantitative estimate of drug-likeness (QED) is 0.866. The summed E-state index contributed by atoms with van der Waals surface area (Å²) in [7, 11) is 0. The van der Waals surface area contributed by atoms with Gasteiger partial charge >= 0.3 is 0 Å². The maximum Gasteiger partial charge on any atom is 0.0994 e. The first-order chi connectivity index (χ1) is 11.2. The fourth-order valence-electron chi connectivity index (χ4n) is 3.21. The highest BCUT2D eigenvalue weighted by atomic mass is 35.5. The third-order valence-corrected chi connectivity index (χ3v) is 4.81. The lowest BCUT2D eigenvalue weighted by atomic mass is 9.88. The highest BCUT2D eigenvalue weighted by Gasteiger charge is 2.21. The number of hydrogen-bond acceptors (Lipinski definition) is 3. The summed E-state index contributed by atoms with van der Waals surface area (Å²) in [5, 5.41) is 9.91. The molecule has 1 aliphatic heterocycles. The fourth-order valence-corrected chi connectivity index (χ4v) is 3.52. The van der Waals surface area contributed by atoms with Crippen LogP contribution in [0.5, 0.6) is 0 Å². The second kappa shape index (κ2) is 6.93. The van der Waals surface area contributed by atoms with Gasteiger partial charge in [-0.15, -0.1) is 0 Å². The molecule has 1 radical (unpaired) electrons. The lowest BCUT2D eigenvalue weighted by molar-refractivity contribution is 0.403. The predicted molar refractivity (Wildman–Crippen MR) is 94.5 cm³/mol. The molecule has 1 fully saturated rings. The summed E-state index contributed by atoms with van der Waals surface area (Å²) in [4.78, 5) is 2.32. The minimum absolute atomic E-state index is 0.599. The molecule has 0 aliphatic carbocycles. The van der Waals surface area contributed by atoms with Gasteiger partial charge in [-0.3, -0.25) is 0 Å². The Morgan fingerprint density at radius 2 is 2.09 bits per heavy atom. The van der Waals surface area contributed by atoms with Crippen LogP contribution in [-0.2, 0) is 6.42 Å². The van der Waals surface area contributed by atoms with Crippen molar-refractivity contribution in [2.45, 2.75) is 19.3 Å². The van der Waals surface area contributed by atoms with Crippen LogP contribution in [0.2, 0.25) is 5.02 Å². The molecule has 0 saturated carbocycles. The van der Waals surface area contributed by atoms with E-state index < -0.39 is 0 Å². The van der Waals surface area contributed by atoms with Gasteiger partial charge in [-0.25, -0.2) is 0 Å². The molecule has 1 saturated heterocycles. The Morgan fingerprint density at radius 1 is 1.30 bits per heavy atom. The molecule has 117 valence electrons. The summed E-state index contributed by atoms with van der Waals surface area (Å²) in [6.45, 7) is 1.96. The summed E-state index contributed by atoms with van der Waals surface area (Å²) in [6, 6.07) is 16.6. The molecule has 0 bridgehead atoms. The molecule has 0 aromatic heterocycles. The van der Waals surface area contributed by atoms with Gasteiger partial charge < -0.3 is 10.6 Å². The molecule has 3 rings (SSSR count). The van der Waals surface area contributed by atoms with Crippen LogP contribution >= 0.6 is 11.6 Å². The van der Waals surface area contributed by atoms with Crippen molar-refractivity contribution in [1.29, 1.82) is 5.26 Å². The Balaban J connectivity index is 1.63. The highest BCUT2D eigenvalue weighted by molar-refractivity contribution is 6.33. The second-order valence-electron chi connectivity index (χ2n) is 6.04. The topological polar surface area (TPSA) is 53.0 Å². The number of nitriles is 1. The van der Waals surface area contributed by atoms with E-state index in [9.17, 15) is 5.26 Å². The zero-order valence-electron chi connectivity index (χ0n) is 12.9. The van der Waals surface area contributed by atoms with E-state index in [1.165, 1.54) is 0 Å². The Bertz CT molecular complexity index is 728. The normalized spacial score (nSPS) is 15.4. The van der Waals surface area contributed by atoms with Crippen molar-refractivity contribution in [2.75, 3.05) is 23.7 Å². The summed E-state index contributed by atoms with van der Waals surface area (Å²) in [5.74, 6) is 0.599. The number of hydrogen-bond donors (Lipinski definition) is 1. The van der Waals surface area contributed by atoms with Crippen molar-refractivity contribution < 1.29 is 0 Å². The molecule has 2 N–H and O–H groups in total. The first kappa shape index (κ1) is 15.7. The third-order valence-electron chi connectivity index (χ3n) is 4.51. The van der Waals surface area contributed by atoms with E-state index in [2.05, 4.69) is 17.0 Å². The number of nitrogen functional groups attached to an aromatic ring is 1. The number of anilines is 2. The third kappa shape index (κ3) is 3.60. The van der Waals surface area contributed by atoms with E-state index in [1.54, 1.807) is 6.07 Å². The van der Waals surface area contributed by atoms with Crippen molar-refractivity contribution in [3.8, 4) is 6.07 Å². The Labute approximate surface area is 142 Å². The Morgan fingerprint density at radius 3 is 2.78 bits per heavy atom. The van der Waals surface area contributed by atoms with Crippen LogP contribution in [0.15, 0.2) is 36.4 Å². The smallest absolute Gasteiger partial charge is 0.0994 e. The summed E-state index contributed by atoms with van der Waals surface area (Å²) in [6.07, 6.45) is 3.14. The van der Waals surface area contributed by atoms with Crippen LogP contribution in [0, 0.1) is 23.3 Å². The molecule has 0 unspecified atom stereocenters. The van der Waals surface area contributed by atoms with Crippen LogP contribution < -0.4 is 10.6 Å². The number of rotatable bonds is 3. The number of benzene rings is 2. The van der Waals surface area contributed by atoms with E-state index in [-0.39, 0.29) is 0 Å². The van der Waals surface area contributed by atoms with Crippen LogP contribution in [0.3, 0.4) is 0 Å². The van der Waals surface area contributed by atoms with Gasteiger partial charge in [0, 0.05) is 18.8 Å². The van der Waals surface area contributed by atoms with Crippen LogP contribution in [0.25, 0.3) is 0 Å². The largest absolute Gasteiger partial charge is 0.399 e. The van der Waals surface area contributed by atoms with E-state index >= 15 is 0 Å². The average Bonchev–Trinajstić information content (AvgIpc) is 2.56. The number of nitrogens with zero attached hydrogens (tertiary/aromatic N) is 2. The second-order valence-corrected chi connectivity index (χ2v) is 6.45. The number of piperidine rings is 1. The summed E-state index contributed by atoms with van der Waals surface area (Å²) >= 11 is 6.31. The molecule has 23 heavy (non-hydrogen) atoms. The molecule has 1 heterocycles. The van der Waals surface area contributed by atoms with Gasteiger partial charge in [0.05, 0.1) is 22.3 Å². The Kier molecular flexibility index (Phi) is 4.73. The minimum Gasteiger partial charge on any atom is -0.399 e. The van der Waals surface area contributed by atoms with Gasteiger partial charge in [-0.1, -0.05) is 17.7 Å². The van der Waals surface area contributed by atoms with Crippen LogP contribution in [0.1, 0.15) is 24.0 Å². The SMILES string of the molecule is N#Cc1cc[c]cc1CC1CCN(c2ccc(N)cc2Cl)CC1. The van der Waals surface area contributed by atoms with E-state index in [4.69, 9.17) is 17.3 Å². The van der Waals surface area contributed by atoms with Gasteiger partial charge in [0.2, 0.25) is 0 Å². The lowest BCUT2D eigenvalue weighted by Gasteiger charge is -2.34. The van der Waals surface area contributed by atoms with Crippen LogP contribution in [0.4, 0.5) is 11.4 Å². The van der Waals surface area contributed by atoms with Crippen molar-refractivity contribution >= 4 is 23.0 Å². The van der Waals surface area contributed by atoms with E-state index in [0.29, 0.717) is 16.6 Å². The summed E-state index contributed by atoms with van der Waals surface area (Å²) < 4.78 is 0. The highest BCUT2D eigenvalue weighted by Crippen LogP contribution is 2.32. The minimum atomic E-state index is 0.599. The standard InChI is InChI=1S/C19H19ClN3/c20-18-12-17(22)5-6-19(18)23-9-7-14(8-10-23)11-15-3-1-2-4-16(15)13-21/h2-6,12,14H,7-11,22H2. The van der Waals surface area contributed by atoms with E-state index in [1.807, 2.05) is 30.3 Å². The zero-order chi connectivity index (χ0) is 16.2. The first-order valence-electron chi connectivity index (χ1n) is 7.86. The average molecular weight is 325 g/mol. The molecule has 0 atom stereocenters. The van der Waals surface area contributed by atoms with Crippen molar-refractivity contribution in [2.24, 2.45) is 5.92 Å². The molecule has 1 aliphatic rings. The maximum absolute atomic E-state index is 9.19. The summed E-state index contributed by atoms with van der Waals surface area (Å²) in [5.41, 5.74) is 9.39. The molecule has 0 amide bonds. The van der Waals surface area contributed by atoms with E-state index in [0.717, 1.165) is 49.2 Å². The molecule has 4 heteroatoms. The first-order valence-corrected chi connectivity index (χ1v) is 8.24. The lowest BCUT2D eigenvalue weighted by Crippen LogP contribution is -2.34. The van der Waals surface area contributed by atoms with Crippen molar-refractivity contribution in [3.05, 3.63) is 58.6 Å². The van der Waals surface area contributed by atoms with Gasteiger partial charge in [-0.2, -0.15) is 5.26 Å². The Hall–Kier alpha value is -2.18. The number of nitrogens with two attached hydrogens (primary N) is 1. The van der Waals surface area contributed by atoms with Gasteiger partial charge in [0.15, 0.2) is 0 Å². The maximum atomic E-state index is 9.19. The molecular formula is C19H19ClN3. The molecule has 2 aromatic rings.